The number of nitrogen functional groups attached to an aromatic ring is 1. The van der Waals surface area contributed by atoms with E-state index in [2.05, 4.69) is 24.0 Å². The molecule has 0 aromatic carbocycles. The molecule has 17 heavy (non-hydrogen) atoms. The van der Waals surface area contributed by atoms with Crippen molar-refractivity contribution in [2.75, 3.05) is 19.3 Å². The Bertz CT molecular complexity index is 339. The van der Waals surface area contributed by atoms with E-state index in [1.807, 2.05) is 10.9 Å². The topological polar surface area (TPSA) is 47.1 Å². The van der Waals surface area contributed by atoms with Crippen LogP contribution in [0.1, 0.15) is 32.6 Å². The molecule has 2 rings (SSSR count). The van der Waals surface area contributed by atoms with Crippen LogP contribution in [0.3, 0.4) is 0 Å². The molecule has 0 atom stereocenters. The minimum Gasteiger partial charge on any atom is -0.396 e. The van der Waals surface area contributed by atoms with Gasteiger partial charge in [0.15, 0.2) is 0 Å². The Kier molecular flexibility index (Phi) is 4.05. The van der Waals surface area contributed by atoms with Gasteiger partial charge in [0, 0.05) is 18.8 Å². The zero-order valence-corrected chi connectivity index (χ0v) is 11.0. The van der Waals surface area contributed by atoms with Gasteiger partial charge in [0.05, 0.1) is 18.4 Å². The summed E-state index contributed by atoms with van der Waals surface area (Å²) in [6, 6.07) is 0.763. The third kappa shape index (κ3) is 3.46. The van der Waals surface area contributed by atoms with Crippen molar-refractivity contribution in [2.24, 2.45) is 5.92 Å². The van der Waals surface area contributed by atoms with Gasteiger partial charge in [-0.1, -0.05) is 6.92 Å². The molecule has 1 fully saturated rings. The molecule has 1 saturated carbocycles. The second-order valence-corrected chi connectivity index (χ2v) is 5.43. The van der Waals surface area contributed by atoms with Crippen molar-refractivity contribution in [3.8, 4) is 0 Å². The first-order valence-corrected chi connectivity index (χ1v) is 6.63. The van der Waals surface area contributed by atoms with Crippen LogP contribution in [0.15, 0.2) is 12.4 Å². The van der Waals surface area contributed by atoms with E-state index in [0.29, 0.717) is 0 Å². The third-order valence-corrected chi connectivity index (χ3v) is 3.94. The van der Waals surface area contributed by atoms with Crippen LogP contribution in [0.25, 0.3) is 0 Å². The number of nitrogens with zero attached hydrogens (tertiary/aromatic N) is 3. The van der Waals surface area contributed by atoms with Crippen molar-refractivity contribution in [2.45, 2.75) is 45.2 Å². The maximum Gasteiger partial charge on any atom is 0.0719 e. The van der Waals surface area contributed by atoms with Gasteiger partial charge >= 0.3 is 0 Å². The largest absolute Gasteiger partial charge is 0.396 e. The summed E-state index contributed by atoms with van der Waals surface area (Å²) in [5.41, 5.74) is 6.40. The summed E-state index contributed by atoms with van der Waals surface area (Å²) in [6.07, 6.45) is 9.06. The molecule has 2 N–H and O–H groups in total. The highest BCUT2D eigenvalue weighted by atomic mass is 15.3. The summed E-state index contributed by atoms with van der Waals surface area (Å²) in [6.45, 7) is 4.35. The molecule has 0 spiro atoms. The number of rotatable bonds is 4. The van der Waals surface area contributed by atoms with Crippen LogP contribution in [0, 0.1) is 5.92 Å². The van der Waals surface area contributed by atoms with Crippen LogP contribution in [-0.4, -0.2) is 34.3 Å². The molecule has 0 bridgehead atoms. The van der Waals surface area contributed by atoms with Crippen LogP contribution in [0.4, 0.5) is 5.69 Å². The second-order valence-electron chi connectivity index (χ2n) is 5.43. The van der Waals surface area contributed by atoms with Gasteiger partial charge in [-0.3, -0.25) is 4.68 Å². The molecule has 0 aliphatic heterocycles. The Balaban J connectivity index is 1.75. The lowest BCUT2D eigenvalue weighted by molar-refractivity contribution is 0.164. The summed E-state index contributed by atoms with van der Waals surface area (Å²) in [5.74, 6) is 0.922. The Hall–Kier alpha value is -1.03. The van der Waals surface area contributed by atoms with Crippen molar-refractivity contribution >= 4 is 5.69 Å². The highest BCUT2D eigenvalue weighted by Gasteiger charge is 2.21. The van der Waals surface area contributed by atoms with Crippen molar-refractivity contribution < 1.29 is 0 Å². The molecule has 1 aliphatic carbocycles. The maximum atomic E-state index is 5.65. The first kappa shape index (κ1) is 12.4. The molecular weight excluding hydrogens is 212 g/mol. The second kappa shape index (κ2) is 5.54. The SMILES string of the molecule is CC1CCC(N(C)CCn2cc(N)cn2)CC1. The van der Waals surface area contributed by atoms with Gasteiger partial charge in [0.1, 0.15) is 0 Å². The smallest absolute Gasteiger partial charge is 0.0719 e. The molecule has 0 saturated heterocycles. The number of aromatic nitrogens is 2. The minimum absolute atomic E-state index is 0.749. The van der Waals surface area contributed by atoms with Crippen molar-refractivity contribution in [1.82, 2.24) is 14.7 Å². The molecule has 0 unspecified atom stereocenters. The third-order valence-electron chi connectivity index (χ3n) is 3.94. The number of hydrogen-bond acceptors (Lipinski definition) is 3. The number of likely N-dealkylation sites (N-methyl/N-ethyl adjacent to an activating group) is 1. The zero-order valence-electron chi connectivity index (χ0n) is 11.0. The molecule has 0 radical (unpaired) electrons. The fourth-order valence-electron chi connectivity index (χ4n) is 2.63. The van der Waals surface area contributed by atoms with Crippen LogP contribution in [0.2, 0.25) is 0 Å². The minimum atomic E-state index is 0.749. The van der Waals surface area contributed by atoms with Crippen molar-refractivity contribution in [1.29, 1.82) is 0 Å². The number of hydrogen-bond donors (Lipinski definition) is 1. The zero-order chi connectivity index (χ0) is 12.3. The Labute approximate surface area is 104 Å². The Morgan fingerprint density at radius 2 is 2.12 bits per heavy atom. The molecule has 4 nitrogen and oxygen atoms in total. The van der Waals surface area contributed by atoms with Gasteiger partial charge in [-0.25, -0.2) is 0 Å². The molecule has 1 aromatic rings. The lowest BCUT2D eigenvalue weighted by atomic mass is 9.87. The van der Waals surface area contributed by atoms with Gasteiger partial charge in [-0.05, 0) is 38.6 Å². The summed E-state index contributed by atoms with van der Waals surface area (Å²) in [7, 11) is 2.23. The van der Waals surface area contributed by atoms with Gasteiger partial charge in [-0.15, -0.1) is 0 Å². The summed E-state index contributed by atoms with van der Waals surface area (Å²) in [4.78, 5) is 2.48. The summed E-state index contributed by atoms with van der Waals surface area (Å²) in [5, 5.41) is 4.21. The molecule has 1 heterocycles. The van der Waals surface area contributed by atoms with E-state index < -0.39 is 0 Å². The number of anilines is 1. The number of nitrogens with two attached hydrogens (primary N) is 1. The van der Waals surface area contributed by atoms with E-state index in [1.54, 1.807) is 6.20 Å². The molecule has 4 heteroatoms. The van der Waals surface area contributed by atoms with Gasteiger partial charge < -0.3 is 10.6 Å². The average molecular weight is 236 g/mol. The van der Waals surface area contributed by atoms with Crippen LogP contribution >= 0.6 is 0 Å². The maximum absolute atomic E-state index is 5.65. The van der Waals surface area contributed by atoms with E-state index in [-0.39, 0.29) is 0 Å². The molecule has 1 aromatic heterocycles. The predicted octanol–water partition coefficient (Wildman–Crippen LogP) is 1.98. The first-order valence-electron chi connectivity index (χ1n) is 6.63. The van der Waals surface area contributed by atoms with Gasteiger partial charge in [0.25, 0.3) is 0 Å². The van der Waals surface area contributed by atoms with E-state index in [9.17, 15) is 0 Å². The lowest BCUT2D eigenvalue weighted by Gasteiger charge is -2.33. The summed E-state index contributed by atoms with van der Waals surface area (Å²) >= 11 is 0. The van der Waals surface area contributed by atoms with Crippen LogP contribution < -0.4 is 5.73 Å². The first-order chi connectivity index (χ1) is 8.15. The highest BCUT2D eigenvalue weighted by molar-refractivity contribution is 5.30. The Morgan fingerprint density at radius 3 is 2.71 bits per heavy atom. The van der Waals surface area contributed by atoms with Gasteiger partial charge in [0.2, 0.25) is 0 Å². The van der Waals surface area contributed by atoms with E-state index in [1.165, 1.54) is 25.7 Å². The normalized spacial score (nSPS) is 25.4. The van der Waals surface area contributed by atoms with Crippen molar-refractivity contribution in [3.63, 3.8) is 0 Å². The Morgan fingerprint density at radius 1 is 1.41 bits per heavy atom. The van der Waals surface area contributed by atoms with Crippen LogP contribution in [0.5, 0.6) is 0 Å². The van der Waals surface area contributed by atoms with E-state index >= 15 is 0 Å². The molecule has 1 aliphatic rings. The summed E-state index contributed by atoms with van der Waals surface area (Å²) < 4.78 is 1.93. The molecule has 96 valence electrons. The van der Waals surface area contributed by atoms with Crippen molar-refractivity contribution in [3.05, 3.63) is 12.4 Å². The molecular formula is C13H24N4. The quantitative estimate of drug-likeness (QED) is 0.869. The average Bonchev–Trinajstić information content (AvgIpc) is 2.73. The van der Waals surface area contributed by atoms with E-state index in [4.69, 9.17) is 5.73 Å². The highest BCUT2D eigenvalue weighted by Crippen LogP contribution is 2.26. The van der Waals surface area contributed by atoms with Gasteiger partial charge in [-0.2, -0.15) is 5.10 Å². The monoisotopic (exact) mass is 236 g/mol. The van der Waals surface area contributed by atoms with Crippen LogP contribution in [-0.2, 0) is 6.54 Å². The molecule has 0 amide bonds. The fourth-order valence-corrected chi connectivity index (χ4v) is 2.63. The van der Waals surface area contributed by atoms with E-state index in [0.717, 1.165) is 30.7 Å². The predicted molar refractivity (Wildman–Crippen MR) is 70.7 cm³/mol. The fraction of sp³-hybridized carbons (Fsp3) is 0.769. The lowest BCUT2D eigenvalue weighted by Crippen LogP contribution is -2.36. The standard InChI is InChI=1S/C13H24N4/c1-11-3-5-13(6-4-11)16(2)7-8-17-10-12(14)9-15-17/h9-11,13H,3-8,14H2,1-2H3.